The summed E-state index contributed by atoms with van der Waals surface area (Å²) < 4.78 is 1.12. The summed E-state index contributed by atoms with van der Waals surface area (Å²) in [4.78, 5) is 17.0. The van der Waals surface area contributed by atoms with E-state index >= 15 is 0 Å². The van der Waals surface area contributed by atoms with Gasteiger partial charge in [-0.3, -0.25) is 9.69 Å². The molecular weight excluding hydrogens is 296 g/mol. The summed E-state index contributed by atoms with van der Waals surface area (Å²) >= 11 is 1.61. The number of fused-ring (bicyclic) bond motifs is 1. The minimum atomic E-state index is 0.0186. The molecule has 0 aliphatic carbocycles. The summed E-state index contributed by atoms with van der Waals surface area (Å²) in [6, 6.07) is 6.34. The summed E-state index contributed by atoms with van der Waals surface area (Å²) in [6.07, 6.45) is 0. The van der Waals surface area contributed by atoms with Crippen LogP contribution in [-0.4, -0.2) is 53.0 Å². The Kier molecular flexibility index (Phi) is 4.47. The fourth-order valence-corrected chi connectivity index (χ4v) is 3.90. The van der Waals surface area contributed by atoms with Crippen LogP contribution in [0.3, 0.4) is 0 Å². The number of amides is 1. The van der Waals surface area contributed by atoms with Gasteiger partial charge < -0.3 is 10.0 Å². The van der Waals surface area contributed by atoms with Crippen LogP contribution in [0.1, 0.15) is 29.8 Å². The molecule has 1 fully saturated rings. The van der Waals surface area contributed by atoms with E-state index in [2.05, 4.69) is 18.7 Å². The number of aliphatic hydroxyl groups is 1. The fraction of sp³-hybridized carbons (Fsp3) is 0.471. The quantitative estimate of drug-likeness (QED) is 0.946. The molecule has 118 valence electrons. The smallest absolute Gasteiger partial charge is 0.253 e. The maximum absolute atomic E-state index is 12.7. The molecule has 0 unspecified atom stereocenters. The maximum Gasteiger partial charge on any atom is 0.253 e. The summed E-state index contributed by atoms with van der Waals surface area (Å²) in [6.45, 7) is 7.84. The van der Waals surface area contributed by atoms with Crippen molar-refractivity contribution in [2.45, 2.75) is 26.5 Å². The van der Waals surface area contributed by atoms with E-state index in [0.29, 0.717) is 6.04 Å². The van der Waals surface area contributed by atoms with E-state index in [1.165, 1.54) is 0 Å². The second-order valence-electron chi connectivity index (χ2n) is 6.05. The number of hydrogen-bond acceptors (Lipinski definition) is 4. The zero-order chi connectivity index (χ0) is 15.7. The number of thiophene rings is 1. The van der Waals surface area contributed by atoms with Gasteiger partial charge in [-0.25, -0.2) is 0 Å². The number of carbonyl (C=O) groups is 1. The zero-order valence-electron chi connectivity index (χ0n) is 13.1. The molecule has 1 amide bonds. The van der Waals surface area contributed by atoms with Gasteiger partial charge in [-0.1, -0.05) is 0 Å². The molecule has 22 heavy (non-hydrogen) atoms. The van der Waals surface area contributed by atoms with Crippen molar-refractivity contribution in [2.75, 3.05) is 26.2 Å². The van der Waals surface area contributed by atoms with Crippen molar-refractivity contribution in [3.63, 3.8) is 0 Å². The predicted molar refractivity (Wildman–Crippen MR) is 90.4 cm³/mol. The summed E-state index contributed by atoms with van der Waals surface area (Å²) in [5, 5.41) is 12.3. The third-order valence-corrected chi connectivity index (χ3v) is 5.42. The Morgan fingerprint density at radius 2 is 2.00 bits per heavy atom. The lowest BCUT2D eigenvalue weighted by Gasteiger charge is -2.37. The van der Waals surface area contributed by atoms with Crippen LogP contribution in [0, 0.1) is 0 Å². The number of rotatable bonds is 3. The second-order valence-corrected chi connectivity index (χ2v) is 6.96. The Morgan fingerprint density at radius 3 is 2.64 bits per heavy atom. The molecule has 1 aliphatic rings. The molecule has 2 aromatic rings. The molecule has 1 aromatic carbocycles. The van der Waals surface area contributed by atoms with Gasteiger partial charge in [0.05, 0.1) is 6.61 Å². The fourth-order valence-electron chi connectivity index (χ4n) is 2.96. The first-order valence-electron chi connectivity index (χ1n) is 7.74. The van der Waals surface area contributed by atoms with Crippen molar-refractivity contribution in [3.8, 4) is 0 Å². The Labute approximate surface area is 135 Å². The molecule has 0 radical (unpaired) electrons. The lowest BCUT2D eigenvalue weighted by molar-refractivity contribution is 0.0595. The Morgan fingerprint density at radius 1 is 1.27 bits per heavy atom. The van der Waals surface area contributed by atoms with Gasteiger partial charge in [-0.15, -0.1) is 11.3 Å². The number of aliphatic hydroxyl groups excluding tert-OH is 1. The minimum absolute atomic E-state index is 0.0186. The zero-order valence-corrected chi connectivity index (χ0v) is 13.9. The third kappa shape index (κ3) is 2.89. The summed E-state index contributed by atoms with van der Waals surface area (Å²) in [7, 11) is 0. The van der Waals surface area contributed by atoms with Crippen LogP contribution in [0.15, 0.2) is 23.6 Å². The van der Waals surface area contributed by atoms with Crippen molar-refractivity contribution >= 4 is 27.3 Å². The van der Waals surface area contributed by atoms with E-state index in [1.54, 1.807) is 11.3 Å². The molecule has 0 saturated carbocycles. The standard InChI is InChI=1S/C17H22N2O2S/c1-12(2)18-5-7-19(8-6-18)17(21)13-3-4-16-15(9-13)14(10-20)11-22-16/h3-4,9,11-12,20H,5-8,10H2,1-2H3. The largest absolute Gasteiger partial charge is 0.392 e. The van der Waals surface area contributed by atoms with Gasteiger partial charge in [0.2, 0.25) is 0 Å². The van der Waals surface area contributed by atoms with Crippen LogP contribution in [-0.2, 0) is 6.61 Å². The lowest BCUT2D eigenvalue weighted by Crippen LogP contribution is -2.50. The molecule has 4 nitrogen and oxygen atoms in total. The van der Waals surface area contributed by atoms with Crippen LogP contribution in [0.4, 0.5) is 0 Å². The Hall–Kier alpha value is -1.43. The summed E-state index contributed by atoms with van der Waals surface area (Å²) in [5.41, 5.74) is 1.62. The second kappa shape index (κ2) is 6.36. The van der Waals surface area contributed by atoms with Gasteiger partial charge in [0.15, 0.2) is 0 Å². The van der Waals surface area contributed by atoms with Crippen molar-refractivity contribution in [2.24, 2.45) is 0 Å². The topological polar surface area (TPSA) is 43.8 Å². The van der Waals surface area contributed by atoms with Gasteiger partial charge in [-0.2, -0.15) is 0 Å². The van der Waals surface area contributed by atoms with Gasteiger partial charge in [0.25, 0.3) is 5.91 Å². The molecule has 2 heterocycles. The highest BCUT2D eigenvalue weighted by atomic mass is 32.1. The maximum atomic E-state index is 12.7. The number of carbonyl (C=O) groups excluding carboxylic acids is 1. The molecule has 0 bridgehead atoms. The first-order valence-corrected chi connectivity index (χ1v) is 8.62. The SMILES string of the molecule is CC(C)N1CCN(C(=O)c2ccc3scc(CO)c3c2)CC1. The third-order valence-electron chi connectivity index (χ3n) is 4.40. The molecular formula is C17H22N2O2S. The van der Waals surface area contributed by atoms with Crippen molar-refractivity contribution in [1.29, 1.82) is 0 Å². The lowest BCUT2D eigenvalue weighted by atomic mass is 10.1. The monoisotopic (exact) mass is 318 g/mol. The van der Waals surface area contributed by atoms with Gasteiger partial charge in [0, 0.05) is 42.5 Å². The van der Waals surface area contributed by atoms with E-state index in [9.17, 15) is 9.90 Å². The normalized spacial score (nSPS) is 16.6. The van der Waals surface area contributed by atoms with Crippen LogP contribution in [0.2, 0.25) is 0 Å². The molecule has 1 aromatic heterocycles. The molecule has 5 heteroatoms. The predicted octanol–water partition coefficient (Wildman–Crippen LogP) is 2.56. The first kappa shape index (κ1) is 15.5. The highest BCUT2D eigenvalue weighted by Crippen LogP contribution is 2.27. The van der Waals surface area contributed by atoms with E-state index in [4.69, 9.17) is 0 Å². The van der Waals surface area contributed by atoms with Crippen LogP contribution < -0.4 is 0 Å². The van der Waals surface area contributed by atoms with Crippen LogP contribution in [0.25, 0.3) is 10.1 Å². The summed E-state index contributed by atoms with van der Waals surface area (Å²) in [5.74, 6) is 0.0976. The van der Waals surface area contributed by atoms with E-state index in [1.807, 2.05) is 28.5 Å². The highest BCUT2D eigenvalue weighted by molar-refractivity contribution is 7.17. The molecule has 1 N–H and O–H groups in total. The van der Waals surface area contributed by atoms with Crippen molar-refractivity contribution in [3.05, 3.63) is 34.7 Å². The van der Waals surface area contributed by atoms with Gasteiger partial charge >= 0.3 is 0 Å². The van der Waals surface area contributed by atoms with Gasteiger partial charge in [-0.05, 0) is 48.4 Å². The van der Waals surface area contributed by atoms with Crippen LogP contribution >= 0.6 is 11.3 Å². The molecule has 0 spiro atoms. The van der Waals surface area contributed by atoms with E-state index < -0.39 is 0 Å². The van der Waals surface area contributed by atoms with Crippen LogP contribution in [0.5, 0.6) is 0 Å². The average molecular weight is 318 g/mol. The first-order chi connectivity index (χ1) is 10.6. The average Bonchev–Trinajstić information content (AvgIpc) is 2.96. The van der Waals surface area contributed by atoms with E-state index in [-0.39, 0.29) is 12.5 Å². The number of hydrogen-bond donors (Lipinski definition) is 1. The molecule has 1 aliphatic heterocycles. The van der Waals surface area contributed by atoms with Crippen molar-refractivity contribution in [1.82, 2.24) is 9.80 Å². The Bertz CT molecular complexity index is 672. The highest BCUT2D eigenvalue weighted by Gasteiger charge is 2.23. The molecule has 3 rings (SSSR count). The Balaban J connectivity index is 1.78. The molecule has 1 saturated heterocycles. The number of piperazine rings is 1. The molecule has 0 atom stereocenters. The van der Waals surface area contributed by atoms with Crippen molar-refractivity contribution < 1.29 is 9.90 Å². The van der Waals surface area contributed by atoms with E-state index in [0.717, 1.165) is 47.4 Å². The van der Waals surface area contributed by atoms with Gasteiger partial charge in [0.1, 0.15) is 0 Å². The number of benzene rings is 1. The number of nitrogens with zero attached hydrogens (tertiary/aromatic N) is 2. The minimum Gasteiger partial charge on any atom is -0.392 e.